The minimum atomic E-state index is -1.52. The summed E-state index contributed by atoms with van der Waals surface area (Å²) in [5.74, 6) is -0.452. The molecule has 2 nitrogen and oxygen atoms in total. The second-order valence-electron chi connectivity index (χ2n) is 1.41. The third kappa shape index (κ3) is 6.93. The lowest BCUT2D eigenvalue weighted by Gasteiger charge is -2.09. The van der Waals surface area contributed by atoms with Gasteiger partial charge in [0, 0.05) is 0 Å². The Morgan fingerprint density at radius 2 is 2.00 bits per heavy atom. The lowest BCUT2D eigenvalue weighted by atomic mass is 10.7. The van der Waals surface area contributed by atoms with Crippen molar-refractivity contribution in [1.82, 2.24) is 0 Å². The van der Waals surface area contributed by atoms with Gasteiger partial charge in [-0.15, -0.1) is 0 Å². The predicted molar refractivity (Wildman–Crippen MR) is 45.0 cm³/mol. The fraction of sp³-hybridized carbons (Fsp3) is 0.750. The van der Waals surface area contributed by atoms with Crippen molar-refractivity contribution in [3.05, 3.63) is 0 Å². The molecule has 6 heteroatoms. The number of carbonyl (C=O) groups excluding carboxylic acids is 1. The number of ether oxygens (including phenoxy) is 1. The van der Waals surface area contributed by atoms with Crippen molar-refractivity contribution in [2.75, 3.05) is 11.9 Å². The van der Waals surface area contributed by atoms with E-state index in [0.717, 1.165) is 0 Å². The van der Waals surface area contributed by atoms with Crippen LogP contribution in [0.25, 0.3) is 0 Å². The largest absolute Gasteiger partial charge is 0.461 e. The normalized spacial score (nSPS) is 11.2. The van der Waals surface area contributed by atoms with Crippen LogP contribution in [-0.2, 0) is 9.53 Å². The molecule has 0 atom stereocenters. The lowest BCUT2D eigenvalue weighted by Crippen LogP contribution is -2.17. The summed E-state index contributed by atoms with van der Waals surface area (Å²) < 4.78 is 2.96. The van der Waals surface area contributed by atoms with Crippen LogP contribution < -0.4 is 0 Å². The predicted octanol–water partition coefficient (Wildman–Crippen LogP) is 2.29. The molecular weight excluding hydrogens is 266 g/mol. The molecule has 0 N–H and O–H groups in total. The Labute approximate surface area is 81.9 Å². The maximum atomic E-state index is 10.4. The van der Waals surface area contributed by atoms with Crippen LogP contribution in [0, 0.1) is 0 Å². The molecule has 0 radical (unpaired) electrons. The van der Waals surface area contributed by atoms with Crippen LogP contribution in [0.15, 0.2) is 0 Å². The topological polar surface area (TPSA) is 26.3 Å². The number of hydrogen-bond acceptors (Lipinski definition) is 2. The monoisotopic (exact) mass is 268 g/mol. The Balaban J connectivity index is 3.46. The minimum Gasteiger partial charge on any atom is -0.461 e. The van der Waals surface area contributed by atoms with E-state index >= 15 is 0 Å². The van der Waals surface area contributed by atoms with Gasteiger partial charge >= 0.3 is 5.97 Å². The summed E-state index contributed by atoms with van der Waals surface area (Å²) >= 11 is 18.7. The summed E-state index contributed by atoms with van der Waals surface area (Å²) in [6, 6.07) is 0. The zero-order valence-corrected chi connectivity index (χ0v) is 8.60. The van der Waals surface area contributed by atoms with Crippen LogP contribution in [0.5, 0.6) is 0 Å². The molecule has 0 fully saturated rings. The zero-order chi connectivity index (χ0) is 8.20. The molecule has 0 saturated heterocycles. The standard InChI is InChI=1S/C4H4BrCl3O2/c5-1-3(9)10-2-4(6,7)8/h1-2H2. The van der Waals surface area contributed by atoms with Crippen LogP contribution in [0.1, 0.15) is 0 Å². The molecule has 0 bridgehead atoms. The van der Waals surface area contributed by atoms with Crippen LogP contribution in [0.3, 0.4) is 0 Å². The second-order valence-corrected chi connectivity index (χ2v) is 4.49. The van der Waals surface area contributed by atoms with Gasteiger partial charge in [0.05, 0.1) is 0 Å². The fourth-order valence-electron chi connectivity index (χ4n) is 0.201. The number of hydrogen-bond donors (Lipinski definition) is 0. The average Bonchev–Trinajstić information content (AvgIpc) is 1.81. The molecule has 0 aromatic heterocycles. The summed E-state index contributed by atoms with van der Waals surface area (Å²) in [5.41, 5.74) is 0. The highest BCUT2D eigenvalue weighted by Gasteiger charge is 2.21. The molecule has 0 saturated carbocycles. The van der Waals surface area contributed by atoms with Crippen molar-refractivity contribution in [3.8, 4) is 0 Å². The van der Waals surface area contributed by atoms with E-state index < -0.39 is 9.76 Å². The molecule has 0 aromatic rings. The third-order valence-corrected chi connectivity index (χ3v) is 1.29. The first-order valence-electron chi connectivity index (χ1n) is 2.24. The molecule has 0 aliphatic carbocycles. The molecule has 60 valence electrons. The number of alkyl halides is 4. The molecular formula is C4H4BrCl3O2. The molecule has 0 rings (SSSR count). The van der Waals surface area contributed by atoms with Gasteiger partial charge in [0.25, 0.3) is 0 Å². The molecule has 0 spiro atoms. The van der Waals surface area contributed by atoms with Gasteiger partial charge < -0.3 is 4.74 Å². The minimum absolute atomic E-state index is 0.105. The molecule has 0 amide bonds. The van der Waals surface area contributed by atoms with Gasteiger partial charge in [0.2, 0.25) is 3.79 Å². The highest BCUT2D eigenvalue weighted by molar-refractivity contribution is 9.09. The summed E-state index contributed by atoms with van der Waals surface area (Å²) in [7, 11) is 0. The van der Waals surface area contributed by atoms with E-state index in [1.165, 1.54) is 0 Å². The van der Waals surface area contributed by atoms with E-state index in [2.05, 4.69) is 20.7 Å². The van der Waals surface area contributed by atoms with Gasteiger partial charge in [-0.3, -0.25) is 4.79 Å². The Kier molecular flexibility index (Phi) is 5.03. The number of esters is 1. The number of rotatable bonds is 2. The summed E-state index contributed by atoms with van der Waals surface area (Å²) in [5, 5.41) is 0.105. The van der Waals surface area contributed by atoms with Gasteiger partial charge in [0.15, 0.2) is 0 Å². The first-order chi connectivity index (χ1) is 4.45. The Morgan fingerprint density at radius 3 is 2.30 bits per heavy atom. The zero-order valence-electron chi connectivity index (χ0n) is 4.74. The van der Waals surface area contributed by atoms with E-state index in [1.807, 2.05) is 0 Å². The van der Waals surface area contributed by atoms with Crippen LogP contribution in [0.4, 0.5) is 0 Å². The SMILES string of the molecule is O=C(CBr)OCC(Cl)(Cl)Cl. The Hall–Kier alpha value is 0.820. The van der Waals surface area contributed by atoms with E-state index in [-0.39, 0.29) is 11.9 Å². The van der Waals surface area contributed by atoms with Crippen LogP contribution in [0.2, 0.25) is 0 Å². The molecule has 0 aromatic carbocycles. The van der Waals surface area contributed by atoms with Gasteiger partial charge in [-0.1, -0.05) is 50.7 Å². The fourth-order valence-corrected chi connectivity index (χ4v) is 0.526. The van der Waals surface area contributed by atoms with Crippen molar-refractivity contribution in [2.24, 2.45) is 0 Å². The maximum Gasteiger partial charge on any atom is 0.316 e. The summed E-state index contributed by atoms with van der Waals surface area (Å²) in [4.78, 5) is 10.4. The van der Waals surface area contributed by atoms with Gasteiger partial charge in [-0.05, 0) is 0 Å². The highest BCUT2D eigenvalue weighted by Crippen LogP contribution is 2.25. The van der Waals surface area contributed by atoms with Crippen molar-refractivity contribution in [3.63, 3.8) is 0 Å². The lowest BCUT2D eigenvalue weighted by molar-refractivity contribution is -0.140. The summed E-state index contributed by atoms with van der Waals surface area (Å²) in [6.45, 7) is -0.220. The first-order valence-corrected chi connectivity index (χ1v) is 4.49. The number of carbonyl (C=O) groups is 1. The van der Waals surface area contributed by atoms with Crippen molar-refractivity contribution < 1.29 is 9.53 Å². The smallest absolute Gasteiger partial charge is 0.316 e. The summed E-state index contributed by atoms with van der Waals surface area (Å²) in [6.07, 6.45) is 0. The van der Waals surface area contributed by atoms with E-state index in [4.69, 9.17) is 34.8 Å². The molecule has 0 aliphatic rings. The average molecular weight is 270 g/mol. The van der Waals surface area contributed by atoms with Crippen LogP contribution >= 0.6 is 50.7 Å². The Bertz CT molecular complexity index is 122. The van der Waals surface area contributed by atoms with Crippen molar-refractivity contribution in [2.45, 2.75) is 3.79 Å². The van der Waals surface area contributed by atoms with Gasteiger partial charge in [-0.25, -0.2) is 0 Å². The molecule has 0 aliphatic heterocycles. The van der Waals surface area contributed by atoms with E-state index in [9.17, 15) is 4.79 Å². The molecule has 0 unspecified atom stereocenters. The highest BCUT2D eigenvalue weighted by atomic mass is 79.9. The second kappa shape index (κ2) is 4.65. The third-order valence-electron chi connectivity index (χ3n) is 0.506. The van der Waals surface area contributed by atoms with Crippen LogP contribution in [-0.4, -0.2) is 21.7 Å². The van der Waals surface area contributed by atoms with Gasteiger partial charge in [-0.2, -0.15) is 0 Å². The van der Waals surface area contributed by atoms with Crippen molar-refractivity contribution >= 4 is 56.7 Å². The number of halogens is 4. The molecule has 0 heterocycles. The maximum absolute atomic E-state index is 10.4. The first kappa shape index (κ1) is 10.8. The van der Waals surface area contributed by atoms with E-state index in [0.29, 0.717) is 0 Å². The quantitative estimate of drug-likeness (QED) is 0.568. The van der Waals surface area contributed by atoms with Crippen molar-refractivity contribution in [1.29, 1.82) is 0 Å². The molecule has 10 heavy (non-hydrogen) atoms. The Morgan fingerprint density at radius 1 is 1.50 bits per heavy atom. The van der Waals surface area contributed by atoms with Gasteiger partial charge in [0.1, 0.15) is 11.9 Å². The van der Waals surface area contributed by atoms with E-state index in [1.54, 1.807) is 0 Å².